The van der Waals surface area contributed by atoms with Gasteiger partial charge in [-0.05, 0) is 19.8 Å². The Morgan fingerprint density at radius 3 is 2.25 bits per heavy atom. The van der Waals surface area contributed by atoms with Crippen LogP contribution in [-0.4, -0.2) is 11.6 Å². The molecule has 0 rings (SSSR count). The Balaban J connectivity index is 4.25. The van der Waals surface area contributed by atoms with Crippen LogP contribution in [0.25, 0.3) is 0 Å². The van der Waals surface area contributed by atoms with Crippen LogP contribution < -0.4 is 11.1 Å². The van der Waals surface area contributed by atoms with Gasteiger partial charge in [0.1, 0.15) is 0 Å². The quantitative estimate of drug-likeness (QED) is 0.490. The van der Waals surface area contributed by atoms with Gasteiger partial charge in [-0.15, -0.1) is 0 Å². The topological polar surface area (TPSA) is 55.1 Å². The van der Waals surface area contributed by atoms with E-state index in [-0.39, 0.29) is 11.8 Å². The first-order valence-corrected chi connectivity index (χ1v) is 4.04. The van der Waals surface area contributed by atoms with Crippen molar-refractivity contribution in [2.45, 2.75) is 33.4 Å². The zero-order valence-electron chi connectivity index (χ0n) is 8.27. The summed E-state index contributed by atoms with van der Waals surface area (Å²) < 4.78 is 0. The average Bonchev–Trinajstić information content (AvgIpc) is 1.85. The van der Waals surface area contributed by atoms with E-state index < -0.39 is 5.66 Å². The van der Waals surface area contributed by atoms with Crippen LogP contribution in [0.5, 0.6) is 0 Å². The van der Waals surface area contributed by atoms with Gasteiger partial charge in [0.15, 0.2) is 0 Å². The summed E-state index contributed by atoms with van der Waals surface area (Å²) in [6.07, 6.45) is 0. The third kappa shape index (κ3) is 3.05. The molecule has 0 saturated heterocycles. The van der Waals surface area contributed by atoms with E-state index in [1.54, 1.807) is 13.8 Å². The summed E-state index contributed by atoms with van der Waals surface area (Å²) in [6.45, 7) is 10.9. The molecule has 0 aliphatic rings. The molecular weight excluding hydrogens is 152 g/mol. The van der Waals surface area contributed by atoms with E-state index in [1.807, 2.05) is 13.8 Å². The van der Waals surface area contributed by atoms with Gasteiger partial charge >= 0.3 is 0 Å². The van der Waals surface area contributed by atoms with Crippen molar-refractivity contribution in [3.05, 3.63) is 12.2 Å². The average molecular weight is 170 g/mol. The third-order valence-corrected chi connectivity index (χ3v) is 1.97. The van der Waals surface area contributed by atoms with Crippen LogP contribution in [0, 0.1) is 5.92 Å². The molecule has 1 amide bonds. The largest absolute Gasteiger partial charge is 0.335 e. The molecule has 0 bridgehead atoms. The Bertz CT molecular complexity index is 195. The monoisotopic (exact) mass is 170 g/mol. The second-order valence-electron chi connectivity index (χ2n) is 3.67. The standard InChI is InChI=1S/C9H18N2O/c1-6(2)8(12)11-9(5,10)7(3)4/h7H,1,10H2,2-5H3,(H,11,12). The molecule has 0 fully saturated rings. The fourth-order valence-electron chi connectivity index (χ4n) is 0.496. The molecule has 12 heavy (non-hydrogen) atoms. The van der Waals surface area contributed by atoms with Crippen molar-refractivity contribution >= 4 is 5.91 Å². The smallest absolute Gasteiger partial charge is 0.247 e. The number of rotatable bonds is 3. The first kappa shape index (κ1) is 11.2. The summed E-state index contributed by atoms with van der Waals surface area (Å²) in [5.74, 6) is 0.00880. The Labute approximate surface area is 74.0 Å². The molecule has 0 radical (unpaired) electrons. The molecule has 3 N–H and O–H groups in total. The first-order valence-electron chi connectivity index (χ1n) is 4.04. The molecule has 0 aliphatic heterocycles. The molecule has 0 aromatic heterocycles. The van der Waals surface area contributed by atoms with Crippen LogP contribution in [-0.2, 0) is 4.79 Å². The van der Waals surface area contributed by atoms with Crippen LogP contribution in [0.3, 0.4) is 0 Å². The fourth-order valence-corrected chi connectivity index (χ4v) is 0.496. The van der Waals surface area contributed by atoms with E-state index in [0.29, 0.717) is 5.57 Å². The van der Waals surface area contributed by atoms with E-state index >= 15 is 0 Å². The highest BCUT2D eigenvalue weighted by molar-refractivity contribution is 5.92. The van der Waals surface area contributed by atoms with Gasteiger partial charge < -0.3 is 11.1 Å². The van der Waals surface area contributed by atoms with Gasteiger partial charge in [-0.2, -0.15) is 0 Å². The minimum atomic E-state index is -0.657. The number of carbonyl (C=O) groups is 1. The normalized spacial score (nSPS) is 15.5. The lowest BCUT2D eigenvalue weighted by molar-refractivity contribution is -0.119. The van der Waals surface area contributed by atoms with E-state index in [1.165, 1.54) is 0 Å². The molecule has 0 aromatic rings. The number of hydrogen-bond acceptors (Lipinski definition) is 2. The molecular formula is C9H18N2O. The Hall–Kier alpha value is -0.830. The van der Waals surface area contributed by atoms with Crippen molar-refractivity contribution in [1.29, 1.82) is 0 Å². The van der Waals surface area contributed by atoms with Crippen LogP contribution in [0.2, 0.25) is 0 Å². The van der Waals surface area contributed by atoms with Crippen molar-refractivity contribution in [1.82, 2.24) is 5.32 Å². The molecule has 1 atom stereocenters. The summed E-state index contributed by atoms with van der Waals surface area (Å²) >= 11 is 0. The lowest BCUT2D eigenvalue weighted by Crippen LogP contribution is -2.57. The summed E-state index contributed by atoms with van der Waals surface area (Å²) in [5.41, 5.74) is 5.65. The molecule has 0 heterocycles. The fraction of sp³-hybridized carbons (Fsp3) is 0.667. The highest BCUT2D eigenvalue weighted by atomic mass is 16.1. The molecule has 3 nitrogen and oxygen atoms in total. The van der Waals surface area contributed by atoms with Crippen molar-refractivity contribution in [2.75, 3.05) is 0 Å². The number of carbonyl (C=O) groups excluding carboxylic acids is 1. The number of hydrogen-bond donors (Lipinski definition) is 2. The molecule has 0 saturated carbocycles. The van der Waals surface area contributed by atoms with Crippen molar-refractivity contribution < 1.29 is 4.79 Å². The van der Waals surface area contributed by atoms with Crippen molar-refractivity contribution in [3.8, 4) is 0 Å². The van der Waals surface area contributed by atoms with Gasteiger partial charge in [-0.3, -0.25) is 4.79 Å². The molecule has 70 valence electrons. The molecule has 0 spiro atoms. The summed E-state index contributed by atoms with van der Waals surface area (Å²) in [6, 6.07) is 0. The Kier molecular flexibility index (Phi) is 3.46. The molecule has 3 heteroatoms. The second-order valence-corrected chi connectivity index (χ2v) is 3.67. The van der Waals surface area contributed by atoms with Crippen LogP contribution in [0.4, 0.5) is 0 Å². The van der Waals surface area contributed by atoms with Gasteiger partial charge in [0.05, 0.1) is 5.66 Å². The third-order valence-electron chi connectivity index (χ3n) is 1.97. The van der Waals surface area contributed by atoms with Gasteiger partial charge in [-0.25, -0.2) is 0 Å². The number of nitrogens with two attached hydrogens (primary N) is 1. The first-order chi connectivity index (χ1) is 5.27. The van der Waals surface area contributed by atoms with Gasteiger partial charge in [-0.1, -0.05) is 20.4 Å². The zero-order valence-corrected chi connectivity index (χ0v) is 8.27. The van der Waals surface area contributed by atoms with E-state index in [4.69, 9.17) is 5.73 Å². The zero-order chi connectivity index (χ0) is 9.94. The van der Waals surface area contributed by atoms with E-state index in [2.05, 4.69) is 11.9 Å². The maximum Gasteiger partial charge on any atom is 0.247 e. The van der Waals surface area contributed by atoms with Crippen LogP contribution in [0.15, 0.2) is 12.2 Å². The summed E-state index contributed by atoms with van der Waals surface area (Å²) in [4.78, 5) is 11.2. The SMILES string of the molecule is C=C(C)C(=O)NC(C)(N)C(C)C. The number of nitrogens with one attached hydrogen (secondary N) is 1. The van der Waals surface area contributed by atoms with Gasteiger partial charge in [0.25, 0.3) is 0 Å². The maximum atomic E-state index is 11.2. The van der Waals surface area contributed by atoms with Gasteiger partial charge in [0, 0.05) is 5.57 Å². The van der Waals surface area contributed by atoms with E-state index in [9.17, 15) is 4.79 Å². The molecule has 0 aromatic carbocycles. The lowest BCUT2D eigenvalue weighted by Gasteiger charge is -2.30. The van der Waals surface area contributed by atoms with Crippen molar-refractivity contribution in [3.63, 3.8) is 0 Å². The molecule has 1 unspecified atom stereocenters. The molecule has 0 aliphatic carbocycles. The Morgan fingerprint density at radius 1 is 1.58 bits per heavy atom. The van der Waals surface area contributed by atoms with Gasteiger partial charge in [0.2, 0.25) is 5.91 Å². The van der Waals surface area contributed by atoms with Crippen molar-refractivity contribution in [2.24, 2.45) is 11.7 Å². The Morgan fingerprint density at radius 2 is 2.00 bits per heavy atom. The second kappa shape index (κ2) is 3.72. The summed E-state index contributed by atoms with van der Waals surface area (Å²) in [5, 5.41) is 2.69. The predicted octanol–water partition coefficient (Wildman–Crippen LogP) is 1.01. The highest BCUT2D eigenvalue weighted by Crippen LogP contribution is 2.09. The maximum absolute atomic E-state index is 11.2. The number of amides is 1. The minimum Gasteiger partial charge on any atom is -0.335 e. The highest BCUT2D eigenvalue weighted by Gasteiger charge is 2.24. The van der Waals surface area contributed by atoms with E-state index in [0.717, 1.165) is 0 Å². The predicted molar refractivity (Wildman–Crippen MR) is 50.4 cm³/mol. The minimum absolute atomic E-state index is 0.186. The summed E-state index contributed by atoms with van der Waals surface area (Å²) in [7, 11) is 0. The lowest BCUT2D eigenvalue weighted by atomic mass is 9.99. The van der Waals surface area contributed by atoms with Crippen LogP contribution >= 0.6 is 0 Å². The van der Waals surface area contributed by atoms with Crippen LogP contribution in [0.1, 0.15) is 27.7 Å².